The van der Waals surface area contributed by atoms with Crippen LogP contribution in [0.2, 0.25) is 0 Å². The van der Waals surface area contributed by atoms with Gasteiger partial charge in [-0.1, -0.05) is 54.6 Å². The molecule has 7 nitrogen and oxygen atoms in total. The number of para-hydroxylation sites is 1. The van der Waals surface area contributed by atoms with Gasteiger partial charge < -0.3 is 20.9 Å². The number of aromatic nitrogens is 2. The smallest absolute Gasteiger partial charge is 0.270 e. The van der Waals surface area contributed by atoms with Crippen molar-refractivity contribution < 1.29 is 9.59 Å². The molecule has 190 valence electrons. The van der Waals surface area contributed by atoms with Crippen molar-refractivity contribution in [2.45, 2.75) is 50.2 Å². The molecule has 4 aromatic rings. The van der Waals surface area contributed by atoms with Gasteiger partial charge >= 0.3 is 0 Å². The van der Waals surface area contributed by atoms with Crippen LogP contribution in [-0.4, -0.2) is 40.4 Å². The lowest BCUT2D eigenvalue weighted by Gasteiger charge is -2.18. The Labute approximate surface area is 217 Å². The number of unbranched alkanes of at least 4 members (excludes halogenated alkanes) is 1. The summed E-state index contributed by atoms with van der Waals surface area (Å²) in [6.07, 6.45) is 5.06. The molecule has 1 aliphatic carbocycles. The number of amides is 2. The first-order chi connectivity index (χ1) is 18.2. The maximum Gasteiger partial charge on any atom is 0.270 e. The van der Waals surface area contributed by atoms with Crippen LogP contribution in [0.3, 0.4) is 0 Å². The van der Waals surface area contributed by atoms with Crippen molar-refractivity contribution in [3.63, 3.8) is 0 Å². The van der Waals surface area contributed by atoms with Crippen molar-refractivity contribution in [2.24, 2.45) is 0 Å². The molecule has 37 heavy (non-hydrogen) atoms. The topological polar surface area (TPSA) is 98.9 Å². The van der Waals surface area contributed by atoms with Crippen LogP contribution in [0.5, 0.6) is 0 Å². The van der Waals surface area contributed by atoms with Crippen molar-refractivity contribution in [3.05, 3.63) is 102 Å². The molecule has 1 saturated carbocycles. The number of pyridine rings is 1. The van der Waals surface area contributed by atoms with E-state index in [4.69, 9.17) is 0 Å². The fourth-order valence-electron chi connectivity index (χ4n) is 4.78. The van der Waals surface area contributed by atoms with Gasteiger partial charge in [0.2, 0.25) is 5.91 Å². The van der Waals surface area contributed by atoms with Gasteiger partial charge in [-0.15, -0.1) is 0 Å². The van der Waals surface area contributed by atoms with Crippen LogP contribution in [-0.2, 0) is 11.3 Å². The quantitative estimate of drug-likeness (QED) is 0.220. The number of nitrogens with zero attached hydrogens (tertiary/aromatic N) is 1. The number of hydrogen-bond donors (Lipinski definition) is 4. The molecule has 4 N–H and O–H groups in total. The summed E-state index contributed by atoms with van der Waals surface area (Å²) < 4.78 is 0. The Bertz CT molecular complexity index is 1290. The molecule has 3 unspecified atom stereocenters. The van der Waals surface area contributed by atoms with Crippen LogP contribution in [0.25, 0.3) is 10.9 Å². The van der Waals surface area contributed by atoms with Gasteiger partial charge in [0.05, 0.1) is 6.54 Å². The summed E-state index contributed by atoms with van der Waals surface area (Å²) >= 11 is 0. The third-order valence-corrected chi connectivity index (χ3v) is 6.90. The minimum atomic E-state index is -0.628. The lowest BCUT2D eigenvalue weighted by molar-refractivity contribution is -0.123. The van der Waals surface area contributed by atoms with E-state index in [1.54, 1.807) is 24.4 Å². The molecule has 0 aliphatic heterocycles. The second-order valence-electron chi connectivity index (χ2n) is 9.65. The maximum atomic E-state index is 13.1. The summed E-state index contributed by atoms with van der Waals surface area (Å²) in [5, 5.41) is 10.6. The maximum absolute atomic E-state index is 13.1. The first-order valence-corrected chi connectivity index (χ1v) is 13.0. The van der Waals surface area contributed by atoms with Crippen molar-refractivity contribution >= 4 is 22.7 Å². The summed E-state index contributed by atoms with van der Waals surface area (Å²) in [6, 6.07) is 25.7. The molecule has 2 amide bonds. The zero-order valence-corrected chi connectivity index (χ0v) is 20.8. The van der Waals surface area contributed by atoms with E-state index in [9.17, 15) is 9.59 Å². The van der Waals surface area contributed by atoms with Crippen LogP contribution in [0.15, 0.2) is 85.1 Å². The largest absolute Gasteiger partial charge is 0.357 e. The number of carbonyl (C=O) groups excluding carboxylic acids is 2. The Morgan fingerprint density at radius 3 is 2.59 bits per heavy atom. The number of carbonyl (C=O) groups is 2. The number of nitrogens with one attached hydrogen (secondary N) is 4. The van der Waals surface area contributed by atoms with E-state index in [1.807, 2.05) is 36.4 Å². The average Bonchev–Trinajstić information content (AvgIpc) is 3.60. The highest BCUT2D eigenvalue weighted by atomic mass is 16.2. The molecule has 0 spiro atoms. The molecule has 7 heteroatoms. The van der Waals surface area contributed by atoms with E-state index >= 15 is 0 Å². The minimum Gasteiger partial charge on any atom is -0.357 e. The van der Waals surface area contributed by atoms with E-state index in [0.717, 1.165) is 36.0 Å². The summed E-state index contributed by atoms with van der Waals surface area (Å²) in [5.74, 6) is 0.0671. The van der Waals surface area contributed by atoms with Crippen LogP contribution in [0.1, 0.15) is 53.3 Å². The van der Waals surface area contributed by atoms with Gasteiger partial charge in [0.25, 0.3) is 5.91 Å². The van der Waals surface area contributed by atoms with Crippen molar-refractivity contribution in [3.8, 4) is 0 Å². The van der Waals surface area contributed by atoms with Gasteiger partial charge in [0, 0.05) is 29.4 Å². The first-order valence-electron chi connectivity index (χ1n) is 13.0. The summed E-state index contributed by atoms with van der Waals surface area (Å²) in [7, 11) is 0. The number of fused-ring (bicyclic) bond motifs is 1. The standard InChI is InChI=1S/C30H33N5O2/c36-29(33-20-23-18-22-12-4-5-13-25(22)34-23)27(35-30(37)26-14-6-8-16-31-26)15-7-9-17-32-28-19-24(28)21-10-2-1-3-11-21/h1-6,8,10-14,16,18,24,27-28,32,34H,7,9,15,17,19-20H2,(H,33,36)(H,35,37). The summed E-state index contributed by atoms with van der Waals surface area (Å²) in [4.78, 5) is 33.3. The molecule has 0 saturated heterocycles. The Balaban J connectivity index is 1.12. The average molecular weight is 496 g/mol. The summed E-state index contributed by atoms with van der Waals surface area (Å²) in [6.45, 7) is 1.26. The summed E-state index contributed by atoms with van der Waals surface area (Å²) in [5.41, 5.74) is 3.65. The van der Waals surface area contributed by atoms with E-state index in [-0.39, 0.29) is 11.8 Å². The lowest BCUT2D eigenvalue weighted by atomic mass is 10.1. The Hall–Kier alpha value is -3.97. The molecule has 2 aromatic heterocycles. The van der Waals surface area contributed by atoms with Gasteiger partial charge in [0.15, 0.2) is 0 Å². The van der Waals surface area contributed by atoms with Crippen molar-refractivity contribution in [1.82, 2.24) is 25.9 Å². The van der Waals surface area contributed by atoms with Crippen molar-refractivity contribution in [2.75, 3.05) is 6.54 Å². The zero-order valence-electron chi connectivity index (χ0n) is 20.8. The number of aromatic amines is 1. The highest BCUT2D eigenvalue weighted by Gasteiger charge is 2.37. The second-order valence-corrected chi connectivity index (χ2v) is 9.65. The molecule has 1 fully saturated rings. The predicted molar refractivity (Wildman–Crippen MR) is 145 cm³/mol. The molecule has 5 rings (SSSR count). The highest BCUT2D eigenvalue weighted by Crippen LogP contribution is 2.40. The van der Waals surface area contributed by atoms with Crippen LogP contribution in [0.4, 0.5) is 0 Å². The fourth-order valence-corrected chi connectivity index (χ4v) is 4.78. The first kappa shape index (κ1) is 24.7. The van der Waals surface area contributed by atoms with Gasteiger partial charge in [-0.3, -0.25) is 14.6 Å². The lowest BCUT2D eigenvalue weighted by Crippen LogP contribution is -2.46. The normalized spacial score (nSPS) is 17.3. The second kappa shape index (κ2) is 11.8. The third-order valence-electron chi connectivity index (χ3n) is 6.90. The zero-order chi connectivity index (χ0) is 25.5. The molecule has 2 aromatic carbocycles. The van der Waals surface area contributed by atoms with E-state index in [0.29, 0.717) is 30.6 Å². The van der Waals surface area contributed by atoms with Crippen LogP contribution < -0.4 is 16.0 Å². The molecule has 2 heterocycles. The fraction of sp³-hybridized carbons (Fsp3) is 0.300. The Morgan fingerprint density at radius 1 is 0.973 bits per heavy atom. The SMILES string of the molecule is O=C(NC(CCCCNC1CC1c1ccccc1)C(=O)NCc1cc2ccccc2[nH]1)c1ccccn1. The molecular weight excluding hydrogens is 462 g/mol. The van der Waals surface area contributed by atoms with Gasteiger partial charge in [0.1, 0.15) is 11.7 Å². The molecule has 0 radical (unpaired) electrons. The molecule has 1 aliphatic rings. The van der Waals surface area contributed by atoms with E-state index < -0.39 is 6.04 Å². The molecule has 3 atom stereocenters. The van der Waals surface area contributed by atoms with Crippen LogP contribution >= 0.6 is 0 Å². The van der Waals surface area contributed by atoms with Gasteiger partial charge in [-0.25, -0.2) is 0 Å². The number of rotatable bonds is 12. The van der Waals surface area contributed by atoms with Gasteiger partial charge in [-0.2, -0.15) is 0 Å². The third kappa shape index (κ3) is 6.62. The Kier molecular flexibility index (Phi) is 7.91. The Morgan fingerprint density at radius 2 is 1.78 bits per heavy atom. The molecular formula is C30H33N5O2. The molecule has 0 bridgehead atoms. The number of hydrogen-bond acceptors (Lipinski definition) is 4. The minimum absolute atomic E-state index is 0.192. The number of benzene rings is 2. The van der Waals surface area contributed by atoms with Crippen LogP contribution in [0, 0.1) is 0 Å². The van der Waals surface area contributed by atoms with E-state index in [2.05, 4.69) is 50.2 Å². The monoisotopic (exact) mass is 495 g/mol. The number of H-pyrrole nitrogens is 1. The van der Waals surface area contributed by atoms with Gasteiger partial charge in [-0.05, 0) is 67.4 Å². The van der Waals surface area contributed by atoms with Crippen molar-refractivity contribution in [1.29, 1.82) is 0 Å². The van der Waals surface area contributed by atoms with E-state index in [1.165, 1.54) is 12.0 Å². The predicted octanol–water partition coefficient (Wildman–Crippen LogP) is 4.29. The highest BCUT2D eigenvalue weighted by molar-refractivity contribution is 5.96.